The van der Waals surface area contributed by atoms with Crippen LogP contribution in [0, 0.1) is 0 Å². The molecule has 94 valence electrons. The van der Waals surface area contributed by atoms with Gasteiger partial charge >= 0.3 is 0 Å². The second-order valence-electron chi connectivity index (χ2n) is 3.97. The van der Waals surface area contributed by atoms with Crippen LogP contribution in [0.25, 0.3) is 4.96 Å². The van der Waals surface area contributed by atoms with Crippen molar-refractivity contribution in [2.45, 2.75) is 19.4 Å². The molecular formula is C11H13N5S2. The van der Waals surface area contributed by atoms with Crippen LogP contribution in [-0.4, -0.2) is 24.7 Å². The first-order chi connectivity index (χ1) is 8.86. The van der Waals surface area contributed by atoms with Crippen LogP contribution >= 0.6 is 23.1 Å². The molecule has 0 amide bonds. The lowest BCUT2D eigenvalue weighted by Gasteiger charge is -2.13. The van der Waals surface area contributed by atoms with Crippen LogP contribution < -0.4 is 5.32 Å². The first-order valence-electron chi connectivity index (χ1n) is 5.78. The summed E-state index contributed by atoms with van der Waals surface area (Å²) in [6.07, 6.45) is 6.78. The third kappa shape index (κ3) is 2.29. The van der Waals surface area contributed by atoms with E-state index in [-0.39, 0.29) is 6.04 Å². The van der Waals surface area contributed by atoms with Crippen molar-refractivity contribution in [2.24, 2.45) is 0 Å². The van der Waals surface area contributed by atoms with Crippen LogP contribution in [0.15, 0.2) is 24.0 Å². The van der Waals surface area contributed by atoms with E-state index in [1.54, 1.807) is 11.3 Å². The van der Waals surface area contributed by atoms with Gasteiger partial charge in [0.1, 0.15) is 0 Å². The molecular weight excluding hydrogens is 266 g/mol. The minimum Gasteiger partial charge on any atom is -0.309 e. The van der Waals surface area contributed by atoms with Gasteiger partial charge in [-0.2, -0.15) is 8.75 Å². The molecule has 0 saturated heterocycles. The summed E-state index contributed by atoms with van der Waals surface area (Å²) in [5, 5.41) is 5.47. The van der Waals surface area contributed by atoms with E-state index < -0.39 is 0 Å². The highest BCUT2D eigenvalue weighted by Crippen LogP contribution is 2.18. The first-order valence-corrected chi connectivity index (χ1v) is 7.39. The molecule has 0 aliphatic heterocycles. The van der Waals surface area contributed by atoms with E-state index in [1.807, 2.05) is 17.8 Å². The topological polar surface area (TPSA) is 55.1 Å². The predicted octanol–water partition coefficient (Wildman–Crippen LogP) is 2.14. The van der Waals surface area contributed by atoms with Gasteiger partial charge in [0, 0.05) is 24.2 Å². The molecule has 0 spiro atoms. The van der Waals surface area contributed by atoms with E-state index in [9.17, 15) is 0 Å². The monoisotopic (exact) mass is 279 g/mol. The molecule has 1 unspecified atom stereocenters. The van der Waals surface area contributed by atoms with Gasteiger partial charge < -0.3 is 5.32 Å². The maximum Gasteiger partial charge on any atom is 0.193 e. The lowest BCUT2D eigenvalue weighted by molar-refractivity contribution is 0.536. The van der Waals surface area contributed by atoms with Crippen LogP contribution in [0.4, 0.5) is 0 Å². The van der Waals surface area contributed by atoms with E-state index in [4.69, 9.17) is 0 Å². The predicted molar refractivity (Wildman–Crippen MR) is 73.1 cm³/mol. The molecule has 5 nitrogen and oxygen atoms in total. The summed E-state index contributed by atoms with van der Waals surface area (Å²) in [7, 11) is 0. The van der Waals surface area contributed by atoms with Gasteiger partial charge in [-0.1, -0.05) is 6.92 Å². The van der Waals surface area contributed by atoms with Gasteiger partial charge in [0.05, 0.1) is 35.4 Å². The second kappa shape index (κ2) is 5.13. The molecule has 7 heteroatoms. The Labute approximate surface area is 113 Å². The van der Waals surface area contributed by atoms with Gasteiger partial charge in [-0.3, -0.25) is 4.40 Å². The van der Waals surface area contributed by atoms with Crippen molar-refractivity contribution in [3.63, 3.8) is 0 Å². The highest BCUT2D eigenvalue weighted by Gasteiger charge is 2.15. The van der Waals surface area contributed by atoms with Crippen molar-refractivity contribution in [1.82, 2.24) is 23.4 Å². The number of imidazole rings is 1. The van der Waals surface area contributed by atoms with Crippen LogP contribution in [0.5, 0.6) is 0 Å². The fraction of sp³-hybridized carbons (Fsp3) is 0.364. The molecule has 0 fully saturated rings. The fourth-order valence-electron chi connectivity index (χ4n) is 1.94. The molecule has 3 heterocycles. The summed E-state index contributed by atoms with van der Waals surface area (Å²) in [6, 6.07) is 0.193. The summed E-state index contributed by atoms with van der Waals surface area (Å²) in [6.45, 7) is 3.00. The Morgan fingerprint density at radius 2 is 2.44 bits per heavy atom. The Bertz CT molecular complexity index is 584. The maximum atomic E-state index is 4.60. The molecule has 0 bridgehead atoms. The summed E-state index contributed by atoms with van der Waals surface area (Å²) >= 11 is 2.90. The Balaban J connectivity index is 1.82. The van der Waals surface area contributed by atoms with Crippen LogP contribution in [0.1, 0.15) is 24.4 Å². The molecule has 3 rings (SSSR count). The third-order valence-electron chi connectivity index (χ3n) is 2.74. The number of likely N-dealkylation sites (N-methyl/N-ethyl adjacent to an activating group) is 1. The number of nitrogens with zero attached hydrogens (tertiary/aromatic N) is 4. The lowest BCUT2D eigenvalue weighted by Crippen LogP contribution is -2.23. The van der Waals surface area contributed by atoms with E-state index >= 15 is 0 Å². The van der Waals surface area contributed by atoms with Crippen molar-refractivity contribution in [1.29, 1.82) is 0 Å². The minimum atomic E-state index is 0.193. The molecule has 0 aliphatic carbocycles. The molecule has 1 N–H and O–H groups in total. The summed E-state index contributed by atoms with van der Waals surface area (Å²) in [4.78, 5) is 5.64. The van der Waals surface area contributed by atoms with Crippen molar-refractivity contribution in [3.8, 4) is 0 Å². The summed E-state index contributed by atoms with van der Waals surface area (Å²) in [5.74, 6) is 0. The van der Waals surface area contributed by atoms with E-state index in [0.717, 1.165) is 29.3 Å². The molecule has 0 aromatic carbocycles. The lowest BCUT2D eigenvalue weighted by atomic mass is 10.1. The summed E-state index contributed by atoms with van der Waals surface area (Å²) < 4.78 is 10.4. The molecule has 0 saturated carbocycles. The maximum absolute atomic E-state index is 4.60. The Hall–Kier alpha value is -1.31. The van der Waals surface area contributed by atoms with Gasteiger partial charge in [-0.05, 0) is 6.54 Å². The average Bonchev–Trinajstić information content (AvgIpc) is 3.04. The van der Waals surface area contributed by atoms with Crippen LogP contribution in [-0.2, 0) is 6.42 Å². The van der Waals surface area contributed by atoms with E-state index in [2.05, 4.69) is 36.6 Å². The molecule has 3 aromatic rings. The molecule has 0 radical (unpaired) electrons. The number of aromatic nitrogens is 4. The zero-order valence-corrected chi connectivity index (χ0v) is 11.5. The Morgan fingerprint density at radius 1 is 1.50 bits per heavy atom. The number of hydrogen-bond acceptors (Lipinski definition) is 6. The number of thiazole rings is 1. The van der Waals surface area contributed by atoms with Crippen molar-refractivity contribution >= 4 is 28.0 Å². The zero-order chi connectivity index (χ0) is 12.4. The summed E-state index contributed by atoms with van der Waals surface area (Å²) in [5.41, 5.74) is 2.08. The molecule has 3 aromatic heterocycles. The van der Waals surface area contributed by atoms with Gasteiger partial charge in [0.25, 0.3) is 0 Å². The SMILES string of the molecule is CCNC(Cc1cn2ccsc2n1)c1cnsn1. The third-order valence-corrected chi connectivity index (χ3v) is 4.01. The van der Waals surface area contributed by atoms with Crippen LogP contribution in [0.2, 0.25) is 0 Å². The number of hydrogen-bond donors (Lipinski definition) is 1. The minimum absolute atomic E-state index is 0.193. The van der Waals surface area contributed by atoms with E-state index in [1.165, 1.54) is 11.7 Å². The highest BCUT2D eigenvalue weighted by molar-refractivity contribution is 7.15. The van der Waals surface area contributed by atoms with Gasteiger partial charge in [0.2, 0.25) is 0 Å². The fourth-order valence-corrected chi connectivity index (χ4v) is 3.13. The number of fused-ring (bicyclic) bond motifs is 1. The largest absolute Gasteiger partial charge is 0.309 e. The van der Waals surface area contributed by atoms with Crippen LogP contribution in [0.3, 0.4) is 0 Å². The first kappa shape index (κ1) is 11.8. The number of rotatable bonds is 5. The van der Waals surface area contributed by atoms with Crippen molar-refractivity contribution in [2.75, 3.05) is 6.54 Å². The normalized spacial score (nSPS) is 13.2. The molecule has 18 heavy (non-hydrogen) atoms. The van der Waals surface area contributed by atoms with Crippen molar-refractivity contribution < 1.29 is 0 Å². The Kier molecular flexibility index (Phi) is 3.35. The van der Waals surface area contributed by atoms with E-state index in [0.29, 0.717) is 0 Å². The smallest absolute Gasteiger partial charge is 0.193 e. The quantitative estimate of drug-likeness (QED) is 0.777. The van der Waals surface area contributed by atoms with Gasteiger partial charge in [0.15, 0.2) is 4.96 Å². The van der Waals surface area contributed by atoms with Crippen molar-refractivity contribution in [3.05, 3.63) is 35.4 Å². The van der Waals surface area contributed by atoms with Gasteiger partial charge in [-0.15, -0.1) is 11.3 Å². The van der Waals surface area contributed by atoms with Gasteiger partial charge in [-0.25, -0.2) is 4.98 Å². The zero-order valence-electron chi connectivity index (χ0n) is 9.91. The molecule has 1 atom stereocenters. The second-order valence-corrected chi connectivity index (χ2v) is 5.40. The number of nitrogens with one attached hydrogen (secondary N) is 1. The average molecular weight is 279 g/mol. The molecule has 0 aliphatic rings. The highest BCUT2D eigenvalue weighted by atomic mass is 32.1. The standard InChI is InChI=1S/C11H13N5S2/c1-2-12-9(10-6-13-18-15-10)5-8-7-16-3-4-17-11(16)14-8/h3-4,6-7,9,12H,2,5H2,1H3. The Morgan fingerprint density at radius 3 is 3.17 bits per heavy atom.